The lowest BCUT2D eigenvalue weighted by Crippen LogP contribution is -2.54. The van der Waals surface area contributed by atoms with Crippen molar-refractivity contribution in [1.82, 2.24) is 9.80 Å². The molecule has 2 aliphatic heterocycles. The van der Waals surface area contributed by atoms with Crippen LogP contribution in [0.2, 0.25) is 0 Å². The van der Waals surface area contributed by atoms with Crippen molar-refractivity contribution in [3.63, 3.8) is 0 Å². The smallest absolute Gasteiger partial charge is 0.321 e. The third-order valence-corrected chi connectivity index (χ3v) is 7.43. The zero-order valence-electron chi connectivity index (χ0n) is 23.7. The second-order valence-corrected chi connectivity index (χ2v) is 10.7. The minimum absolute atomic E-state index is 0.0989. The Labute approximate surface area is 227 Å². The van der Waals surface area contributed by atoms with Gasteiger partial charge in [0, 0.05) is 68.0 Å². The fraction of sp³-hybridized carbons (Fsp3) is 0.533. The van der Waals surface area contributed by atoms with E-state index >= 15 is 0 Å². The summed E-state index contributed by atoms with van der Waals surface area (Å²) in [6.45, 7) is 14.4. The molecule has 38 heavy (non-hydrogen) atoms. The van der Waals surface area contributed by atoms with E-state index in [-0.39, 0.29) is 12.1 Å². The number of aliphatic imine (C=N–C) groups is 1. The quantitative estimate of drug-likeness (QED) is 0.466. The zero-order valence-corrected chi connectivity index (χ0v) is 23.7. The van der Waals surface area contributed by atoms with Crippen molar-refractivity contribution < 1.29 is 14.3 Å². The first-order chi connectivity index (χ1) is 18.3. The number of amides is 2. The van der Waals surface area contributed by atoms with Crippen LogP contribution in [0.5, 0.6) is 11.5 Å². The van der Waals surface area contributed by atoms with Gasteiger partial charge in [0.1, 0.15) is 6.61 Å². The lowest BCUT2D eigenvalue weighted by atomic mass is 10.0. The van der Waals surface area contributed by atoms with Gasteiger partial charge in [0.25, 0.3) is 0 Å². The minimum atomic E-state index is -0.0989. The van der Waals surface area contributed by atoms with Crippen molar-refractivity contribution in [2.45, 2.75) is 65.6 Å². The average molecular weight is 522 g/mol. The third kappa shape index (κ3) is 6.59. The second-order valence-electron chi connectivity index (χ2n) is 10.7. The van der Waals surface area contributed by atoms with Crippen molar-refractivity contribution in [2.24, 2.45) is 4.99 Å². The highest BCUT2D eigenvalue weighted by Gasteiger charge is 2.27. The number of nitrogens with zero attached hydrogens (tertiary/aromatic N) is 4. The number of anilines is 2. The van der Waals surface area contributed by atoms with Crippen LogP contribution in [0.15, 0.2) is 41.4 Å². The van der Waals surface area contributed by atoms with Gasteiger partial charge in [0.2, 0.25) is 0 Å². The summed E-state index contributed by atoms with van der Waals surface area (Å²) < 4.78 is 11.6. The molecule has 2 amide bonds. The van der Waals surface area contributed by atoms with Crippen LogP contribution in [-0.4, -0.2) is 80.1 Å². The van der Waals surface area contributed by atoms with Gasteiger partial charge in [0.15, 0.2) is 11.5 Å². The molecule has 8 heteroatoms. The van der Waals surface area contributed by atoms with Crippen LogP contribution in [0.25, 0.3) is 0 Å². The van der Waals surface area contributed by atoms with Crippen LogP contribution < -0.4 is 19.7 Å². The Balaban J connectivity index is 1.35. The normalized spacial score (nSPS) is 17.2. The highest BCUT2D eigenvalue weighted by Crippen LogP contribution is 2.32. The van der Waals surface area contributed by atoms with Gasteiger partial charge in [-0.2, -0.15) is 0 Å². The van der Waals surface area contributed by atoms with Crippen molar-refractivity contribution in [2.75, 3.05) is 50.1 Å². The minimum Gasteiger partial charge on any atom is -0.493 e. The molecule has 2 aromatic carbocycles. The summed E-state index contributed by atoms with van der Waals surface area (Å²) >= 11 is 0. The van der Waals surface area contributed by atoms with Gasteiger partial charge in [0.05, 0.1) is 12.8 Å². The molecule has 2 heterocycles. The first-order valence-electron chi connectivity index (χ1n) is 13.8. The summed E-state index contributed by atoms with van der Waals surface area (Å²) in [4.78, 5) is 24.3. The van der Waals surface area contributed by atoms with Crippen LogP contribution in [0.1, 0.15) is 46.6 Å². The lowest BCUT2D eigenvalue weighted by molar-refractivity contribution is 0.140. The van der Waals surface area contributed by atoms with Gasteiger partial charge in [-0.25, -0.2) is 4.79 Å². The number of ether oxygens (including phenoxy) is 2. The number of urea groups is 1. The van der Waals surface area contributed by atoms with Crippen molar-refractivity contribution >= 4 is 29.3 Å². The molecule has 0 aliphatic carbocycles. The van der Waals surface area contributed by atoms with Gasteiger partial charge >= 0.3 is 6.03 Å². The number of carbonyl (C=O) groups is 1. The highest BCUT2D eigenvalue weighted by molar-refractivity contribution is 5.90. The number of rotatable bonds is 9. The molecule has 2 aromatic rings. The van der Waals surface area contributed by atoms with Crippen LogP contribution in [0, 0.1) is 0 Å². The number of piperazine rings is 1. The predicted octanol–water partition coefficient (Wildman–Crippen LogP) is 5.58. The number of benzene rings is 2. The summed E-state index contributed by atoms with van der Waals surface area (Å²) in [5.74, 6) is 1.29. The zero-order chi connectivity index (χ0) is 27.2. The van der Waals surface area contributed by atoms with E-state index in [9.17, 15) is 4.79 Å². The molecule has 1 saturated heterocycles. The molecule has 0 aromatic heterocycles. The average Bonchev–Trinajstić information content (AvgIpc) is 2.90. The fourth-order valence-electron chi connectivity index (χ4n) is 5.43. The third-order valence-electron chi connectivity index (χ3n) is 7.43. The van der Waals surface area contributed by atoms with Gasteiger partial charge < -0.3 is 24.6 Å². The number of nitrogens with one attached hydrogen (secondary N) is 1. The van der Waals surface area contributed by atoms with E-state index < -0.39 is 0 Å². The molecule has 1 atom stereocenters. The number of hydrogen-bond donors (Lipinski definition) is 1. The summed E-state index contributed by atoms with van der Waals surface area (Å²) in [6.07, 6.45) is 4.02. The Hall–Kier alpha value is -3.26. The Kier molecular flexibility index (Phi) is 9.15. The van der Waals surface area contributed by atoms with Crippen LogP contribution in [-0.2, 0) is 6.42 Å². The summed E-state index contributed by atoms with van der Waals surface area (Å²) in [5, 5.41) is 3.06. The van der Waals surface area contributed by atoms with Crippen LogP contribution in [0.3, 0.4) is 0 Å². The SMILES string of the molecule is COc1ccc(NC(=O)N2CCN(c3ccc4c(c3)CCC=N4)C(C)C2)cc1OCCN(C(C)C)C(C)C. The fourth-order valence-corrected chi connectivity index (χ4v) is 5.43. The molecule has 0 spiro atoms. The Bertz CT molecular complexity index is 1120. The predicted molar refractivity (Wildman–Crippen MR) is 156 cm³/mol. The van der Waals surface area contributed by atoms with Crippen molar-refractivity contribution in [1.29, 1.82) is 0 Å². The monoisotopic (exact) mass is 521 g/mol. The Morgan fingerprint density at radius 1 is 1.11 bits per heavy atom. The molecular formula is C30H43N5O3. The van der Waals surface area contributed by atoms with Gasteiger partial charge in [-0.1, -0.05) is 0 Å². The molecule has 2 aliphatic rings. The molecule has 1 unspecified atom stereocenters. The standard InChI is InChI=1S/C30H43N5O3/c1-21(2)34(22(3)4)16-17-38-29-19-25(9-12-28(29)37-6)32-30(36)33-14-15-35(23(5)20-33)26-10-11-27-24(18-26)8-7-13-31-27/h9-13,18-19,21-23H,7-8,14-17,20H2,1-6H3,(H,32,36). The highest BCUT2D eigenvalue weighted by atomic mass is 16.5. The largest absolute Gasteiger partial charge is 0.493 e. The van der Waals surface area contributed by atoms with Crippen molar-refractivity contribution in [3.05, 3.63) is 42.0 Å². The van der Waals surface area contributed by atoms with E-state index in [1.54, 1.807) is 7.11 Å². The van der Waals surface area contributed by atoms with E-state index in [4.69, 9.17) is 9.47 Å². The Morgan fingerprint density at radius 3 is 2.61 bits per heavy atom. The Morgan fingerprint density at radius 2 is 1.89 bits per heavy atom. The summed E-state index contributed by atoms with van der Waals surface area (Å²) in [7, 11) is 1.63. The number of carbonyl (C=O) groups excluding carboxylic acids is 1. The van der Waals surface area contributed by atoms with E-state index in [1.807, 2.05) is 29.3 Å². The molecule has 1 N–H and O–H groups in total. The number of fused-ring (bicyclic) bond motifs is 1. The van der Waals surface area contributed by atoms with Gasteiger partial charge in [-0.3, -0.25) is 9.89 Å². The molecule has 4 rings (SSSR count). The molecule has 0 bridgehead atoms. The first-order valence-corrected chi connectivity index (χ1v) is 13.8. The summed E-state index contributed by atoms with van der Waals surface area (Å²) in [5.41, 5.74) is 4.28. The maximum Gasteiger partial charge on any atom is 0.321 e. The molecule has 0 saturated carbocycles. The van der Waals surface area contributed by atoms with Crippen LogP contribution >= 0.6 is 0 Å². The van der Waals surface area contributed by atoms with E-state index in [1.165, 1.54) is 11.3 Å². The maximum atomic E-state index is 13.2. The lowest BCUT2D eigenvalue weighted by Gasteiger charge is -2.41. The van der Waals surface area contributed by atoms with Gasteiger partial charge in [-0.05, 0) is 83.4 Å². The van der Waals surface area contributed by atoms with Crippen LogP contribution in [0.4, 0.5) is 21.9 Å². The second kappa shape index (κ2) is 12.5. The molecule has 206 valence electrons. The maximum absolute atomic E-state index is 13.2. The number of methoxy groups -OCH3 is 1. The topological polar surface area (TPSA) is 69.6 Å². The van der Waals surface area contributed by atoms with E-state index in [2.05, 4.69) is 72.9 Å². The molecular weight excluding hydrogens is 478 g/mol. The molecule has 0 radical (unpaired) electrons. The number of hydrogen-bond acceptors (Lipinski definition) is 6. The van der Waals surface area contributed by atoms with E-state index in [0.29, 0.717) is 49.0 Å². The summed E-state index contributed by atoms with van der Waals surface area (Å²) in [6, 6.07) is 13.1. The van der Waals surface area contributed by atoms with Gasteiger partial charge in [-0.15, -0.1) is 0 Å². The first kappa shape index (κ1) is 27.8. The molecule has 1 fully saturated rings. The van der Waals surface area contributed by atoms with Crippen molar-refractivity contribution in [3.8, 4) is 11.5 Å². The molecule has 8 nitrogen and oxygen atoms in total. The number of aryl methyl sites for hydroxylation is 1. The van der Waals surface area contributed by atoms with E-state index in [0.717, 1.165) is 31.6 Å².